The number of ether oxygens (including phenoxy) is 2. The summed E-state index contributed by atoms with van der Waals surface area (Å²) in [5.41, 5.74) is 4.81. The zero-order valence-corrected chi connectivity index (χ0v) is 11.1. The van der Waals surface area contributed by atoms with Crippen LogP contribution < -0.4 is 20.7 Å². The maximum atomic E-state index is 5.73. The molecule has 3 rings (SSSR count). The molecule has 1 aromatic heterocycles. The number of para-hydroxylation sites is 1. The second kappa shape index (κ2) is 5.90. The molecule has 2 aromatic rings. The lowest BCUT2D eigenvalue weighted by Gasteiger charge is -2.24. The van der Waals surface area contributed by atoms with Crippen LogP contribution in [-0.4, -0.2) is 18.2 Å². The minimum absolute atomic E-state index is 0.0680. The van der Waals surface area contributed by atoms with Crippen molar-refractivity contribution in [3.8, 4) is 11.5 Å². The summed E-state index contributed by atoms with van der Waals surface area (Å²) < 4.78 is 11.3. The molecule has 0 fully saturated rings. The van der Waals surface area contributed by atoms with Crippen LogP contribution in [-0.2, 0) is 6.42 Å². The Balaban J connectivity index is 1.90. The zero-order valence-electron chi connectivity index (χ0n) is 11.1. The summed E-state index contributed by atoms with van der Waals surface area (Å²) in [5, 5.41) is 0. The number of hydrazine groups is 1. The second-order valence-electron chi connectivity index (χ2n) is 4.62. The van der Waals surface area contributed by atoms with E-state index in [0.29, 0.717) is 19.6 Å². The van der Waals surface area contributed by atoms with Crippen molar-refractivity contribution in [2.24, 2.45) is 5.84 Å². The maximum Gasteiger partial charge on any atom is 0.166 e. The fraction of sp³-hybridized carbons (Fsp3) is 0.267. The molecular weight excluding hydrogens is 254 g/mol. The van der Waals surface area contributed by atoms with Crippen molar-refractivity contribution < 1.29 is 9.47 Å². The van der Waals surface area contributed by atoms with Gasteiger partial charge in [0.1, 0.15) is 13.2 Å². The molecule has 5 nitrogen and oxygen atoms in total. The topological polar surface area (TPSA) is 69.4 Å². The Kier molecular flexibility index (Phi) is 3.80. The van der Waals surface area contributed by atoms with E-state index in [-0.39, 0.29) is 6.04 Å². The number of pyridine rings is 1. The van der Waals surface area contributed by atoms with Crippen LogP contribution in [0.2, 0.25) is 0 Å². The van der Waals surface area contributed by atoms with Crippen LogP contribution in [0.25, 0.3) is 0 Å². The molecule has 20 heavy (non-hydrogen) atoms. The van der Waals surface area contributed by atoms with Gasteiger partial charge in [-0.15, -0.1) is 0 Å². The quantitative estimate of drug-likeness (QED) is 0.653. The second-order valence-corrected chi connectivity index (χ2v) is 4.62. The van der Waals surface area contributed by atoms with Crippen molar-refractivity contribution >= 4 is 0 Å². The molecular formula is C15H17N3O2. The SMILES string of the molecule is NNC(Cc1ccccn1)c1cccc2c1OCCO2. The van der Waals surface area contributed by atoms with Gasteiger partial charge >= 0.3 is 0 Å². The summed E-state index contributed by atoms with van der Waals surface area (Å²) in [6.07, 6.45) is 2.47. The van der Waals surface area contributed by atoms with Gasteiger partial charge in [0.2, 0.25) is 0 Å². The lowest BCUT2D eigenvalue weighted by atomic mass is 10.0. The molecule has 0 saturated heterocycles. The summed E-state index contributed by atoms with van der Waals surface area (Å²) in [5.74, 6) is 7.26. The number of hydrogen-bond donors (Lipinski definition) is 2. The number of nitrogens with two attached hydrogens (primary N) is 1. The van der Waals surface area contributed by atoms with Gasteiger partial charge < -0.3 is 9.47 Å². The van der Waals surface area contributed by atoms with E-state index in [1.165, 1.54) is 0 Å². The first kappa shape index (κ1) is 12.9. The molecule has 5 heteroatoms. The Morgan fingerprint density at radius 2 is 2.05 bits per heavy atom. The normalized spacial score (nSPS) is 14.8. The van der Waals surface area contributed by atoms with E-state index in [1.807, 2.05) is 36.4 Å². The van der Waals surface area contributed by atoms with Gasteiger partial charge in [0.15, 0.2) is 11.5 Å². The summed E-state index contributed by atoms with van der Waals surface area (Å²) in [6.45, 7) is 1.14. The Morgan fingerprint density at radius 1 is 1.15 bits per heavy atom. The molecule has 1 atom stereocenters. The minimum atomic E-state index is -0.0680. The van der Waals surface area contributed by atoms with Crippen molar-refractivity contribution in [2.75, 3.05) is 13.2 Å². The molecule has 2 heterocycles. The van der Waals surface area contributed by atoms with Crippen LogP contribution in [0, 0.1) is 0 Å². The van der Waals surface area contributed by atoms with Crippen molar-refractivity contribution in [1.82, 2.24) is 10.4 Å². The van der Waals surface area contributed by atoms with Crippen LogP contribution in [0.5, 0.6) is 11.5 Å². The minimum Gasteiger partial charge on any atom is -0.486 e. The number of aromatic nitrogens is 1. The summed E-state index contributed by atoms with van der Waals surface area (Å²) in [7, 11) is 0. The van der Waals surface area contributed by atoms with Crippen molar-refractivity contribution in [3.05, 3.63) is 53.9 Å². The van der Waals surface area contributed by atoms with Gasteiger partial charge in [-0.25, -0.2) is 0 Å². The number of benzene rings is 1. The molecule has 3 N–H and O–H groups in total. The van der Waals surface area contributed by atoms with Crippen molar-refractivity contribution in [2.45, 2.75) is 12.5 Å². The monoisotopic (exact) mass is 271 g/mol. The Bertz CT molecular complexity index is 575. The molecule has 0 amide bonds. The van der Waals surface area contributed by atoms with Crippen LogP contribution >= 0.6 is 0 Å². The summed E-state index contributed by atoms with van der Waals surface area (Å²) in [4.78, 5) is 4.34. The van der Waals surface area contributed by atoms with E-state index in [0.717, 1.165) is 22.8 Å². The molecule has 0 radical (unpaired) electrons. The third-order valence-corrected chi connectivity index (χ3v) is 3.31. The Hall–Kier alpha value is -2.11. The predicted octanol–water partition coefficient (Wildman–Crippen LogP) is 1.60. The average Bonchev–Trinajstić information content (AvgIpc) is 2.53. The van der Waals surface area contributed by atoms with E-state index in [4.69, 9.17) is 15.3 Å². The average molecular weight is 271 g/mol. The van der Waals surface area contributed by atoms with E-state index >= 15 is 0 Å². The number of hydrogen-bond acceptors (Lipinski definition) is 5. The third kappa shape index (κ3) is 2.59. The molecule has 1 aromatic carbocycles. The maximum absolute atomic E-state index is 5.73. The Morgan fingerprint density at radius 3 is 2.85 bits per heavy atom. The number of nitrogens with one attached hydrogen (secondary N) is 1. The number of nitrogens with zero attached hydrogens (tertiary/aromatic N) is 1. The molecule has 0 saturated carbocycles. The van der Waals surface area contributed by atoms with Crippen LogP contribution in [0.1, 0.15) is 17.3 Å². The molecule has 1 unspecified atom stereocenters. The lowest BCUT2D eigenvalue weighted by Crippen LogP contribution is -2.31. The first-order valence-corrected chi connectivity index (χ1v) is 6.63. The van der Waals surface area contributed by atoms with Gasteiger partial charge in [-0.05, 0) is 18.2 Å². The highest BCUT2D eigenvalue weighted by atomic mass is 16.6. The van der Waals surface area contributed by atoms with Crippen LogP contribution in [0.15, 0.2) is 42.6 Å². The van der Waals surface area contributed by atoms with Gasteiger partial charge in [-0.2, -0.15) is 0 Å². The van der Waals surface area contributed by atoms with Crippen LogP contribution in [0.4, 0.5) is 0 Å². The molecule has 0 bridgehead atoms. The standard InChI is InChI=1S/C15H17N3O2/c16-18-13(10-11-4-1-2-7-17-11)12-5-3-6-14-15(12)20-9-8-19-14/h1-7,13,18H,8-10,16H2. The van der Waals surface area contributed by atoms with Gasteiger partial charge in [0, 0.05) is 23.9 Å². The highest BCUT2D eigenvalue weighted by Gasteiger charge is 2.21. The zero-order chi connectivity index (χ0) is 13.8. The molecule has 0 aliphatic carbocycles. The predicted molar refractivity (Wildman–Crippen MR) is 75.4 cm³/mol. The largest absolute Gasteiger partial charge is 0.486 e. The van der Waals surface area contributed by atoms with Crippen molar-refractivity contribution in [1.29, 1.82) is 0 Å². The smallest absolute Gasteiger partial charge is 0.166 e. The fourth-order valence-corrected chi connectivity index (χ4v) is 2.36. The van der Waals surface area contributed by atoms with Gasteiger partial charge in [-0.3, -0.25) is 16.3 Å². The van der Waals surface area contributed by atoms with E-state index in [9.17, 15) is 0 Å². The number of rotatable bonds is 4. The Labute approximate surface area is 117 Å². The lowest BCUT2D eigenvalue weighted by molar-refractivity contribution is 0.168. The highest BCUT2D eigenvalue weighted by Crippen LogP contribution is 2.37. The first-order valence-electron chi connectivity index (χ1n) is 6.63. The molecule has 0 spiro atoms. The van der Waals surface area contributed by atoms with E-state index in [1.54, 1.807) is 6.20 Å². The first-order chi connectivity index (χ1) is 9.88. The van der Waals surface area contributed by atoms with Crippen molar-refractivity contribution in [3.63, 3.8) is 0 Å². The number of fused-ring (bicyclic) bond motifs is 1. The van der Waals surface area contributed by atoms with Crippen LogP contribution in [0.3, 0.4) is 0 Å². The molecule has 104 valence electrons. The molecule has 1 aliphatic heterocycles. The highest BCUT2D eigenvalue weighted by molar-refractivity contribution is 5.49. The summed E-state index contributed by atoms with van der Waals surface area (Å²) in [6, 6.07) is 11.6. The van der Waals surface area contributed by atoms with Gasteiger partial charge in [-0.1, -0.05) is 18.2 Å². The van der Waals surface area contributed by atoms with E-state index in [2.05, 4.69) is 10.4 Å². The molecule has 1 aliphatic rings. The van der Waals surface area contributed by atoms with Gasteiger partial charge in [0.25, 0.3) is 0 Å². The van der Waals surface area contributed by atoms with Gasteiger partial charge in [0.05, 0.1) is 6.04 Å². The summed E-state index contributed by atoms with van der Waals surface area (Å²) >= 11 is 0. The fourth-order valence-electron chi connectivity index (χ4n) is 2.36. The third-order valence-electron chi connectivity index (χ3n) is 3.31. The van der Waals surface area contributed by atoms with E-state index < -0.39 is 0 Å².